The molecule has 0 aliphatic heterocycles. The summed E-state index contributed by atoms with van der Waals surface area (Å²) in [4.78, 5) is 0. The van der Waals surface area contributed by atoms with Crippen molar-refractivity contribution in [1.82, 2.24) is 4.72 Å². The van der Waals surface area contributed by atoms with Gasteiger partial charge in [-0.3, -0.25) is 0 Å². The second kappa shape index (κ2) is 8.86. The summed E-state index contributed by atoms with van der Waals surface area (Å²) in [5, 5.41) is 8.88. The van der Waals surface area contributed by atoms with Gasteiger partial charge in [0.05, 0.1) is 5.75 Å². The molecule has 1 aromatic rings. The minimum absolute atomic E-state index is 0.0699. The Kier molecular flexibility index (Phi) is 7.49. The van der Waals surface area contributed by atoms with Crippen LogP contribution in [0.5, 0.6) is 5.75 Å². The number of anilines is 1. The molecule has 4 N–H and O–H groups in total. The number of nitrogens with one attached hydrogen (secondary N) is 1. The quantitative estimate of drug-likeness (QED) is 0.558. The Balaban J connectivity index is 2.33. The number of rotatable bonds is 10. The average molecular weight is 316 g/mol. The number of hydrogen-bond donors (Lipinski definition) is 3. The third kappa shape index (κ3) is 7.31. The predicted molar refractivity (Wildman–Crippen MR) is 83.6 cm³/mol. The first-order chi connectivity index (χ1) is 9.96. The summed E-state index contributed by atoms with van der Waals surface area (Å²) in [6, 6.07) is 6.79. The molecule has 0 bridgehead atoms. The number of nitrogen functional groups attached to an aromatic ring is 1. The maximum absolute atomic E-state index is 11.8. The van der Waals surface area contributed by atoms with Crippen LogP contribution < -0.4 is 15.2 Å². The van der Waals surface area contributed by atoms with E-state index in [4.69, 9.17) is 15.6 Å². The highest BCUT2D eigenvalue weighted by atomic mass is 32.2. The molecule has 1 unspecified atom stereocenters. The number of nitrogens with two attached hydrogens (primary N) is 1. The minimum Gasteiger partial charge on any atom is -0.492 e. The first-order valence-electron chi connectivity index (χ1n) is 7.03. The van der Waals surface area contributed by atoms with Crippen molar-refractivity contribution in [1.29, 1.82) is 0 Å². The molecule has 1 aromatic carbocycles. The van der Waals surface area contributed by atoms with Crippen LogP contribution in [0, 0.1) is 5.92 Å². The van der Waals surface area contributed by atoms with Gasteiger partial charge in [-0.25, -0.2) is 13.1 Å². The number of ether oxygens (including phenoxy) is 1. The van der Waals surface area contributed by atoms with Crippen molar-refractivity contribution in [3.63, 3.8) is 0 Å². The molecule has 0 heterocycles. The van der Waals surface area contributed by atoms with E-state index in [1.807, 2.05) is 6.92 Å². The zero-order valence-electron chi connectivity index (χ0n) is 12.3. The van der Waals surface area contributed by atoms with E-state index in [0.29, 0.717) is 24.4 Å². The molecule has 1 rings (SSSR count). The van der Waals surface area contributed by atoms with Gasteiger partial charge in [0.25, 0.3) is 0 Å². The van der Waals surface area contributed by atoms with E-state index in [0.717, 1.165) is 6.42 Å². The van der Waals surface area contributed by atoms with E-state index in [9.17, 15) is 8.42 Å². The summed E-state index contributed by atoms with van der Waals surface area (Å²) < 4.78 is 31.6. The standard InChI is InChI=1S/C14H24N2O4S/c1-2-12(7-8-17)11-16-21(18,19)10-9-20-14-5-3-13(15)4-6-14/h3-6,12,16-17H,2,7-11,15H2,1H3. The van der Waals surface area contributed by atoms with Crippen LogP contribution in [-0.2, 0) is 10.0 Å². The largest absolute Gasteiger partial charge is 0.492 e. The lowest BCUT2D eigenvalue weighted by molar-refractivity contribution is 0.254. The third-order valence-corrected chi connectivity index (χ3v) is 4.52. The molecule has 0 spiro atoms. The Morgan fingerprint density at radius 2 is 2.00 bits per heavy atom. The molecule has 120 valence electrons. The van der Waals surface area contributed by atoms with Crippen LogP contribution in [0.15, 0.2) is 24.3 Å². The van der Waals surface area contributed by atoms with Gasteiger partial charge in [-0.2, -0.15) is 0 Å². The summed E-state index contributed by atoms with van der Waals surface area (Å²) in [5.74, 6) is 0.640. The van der Waals surface area contributed by atoms with Gasteiger partial charge >= 0.3 is 0 Å². The van der Waals surface area contributed by atoms with Crippen molar-refractivity contribution >= 4 is 15.7 Å². The Morgan fingerprint density at radius 1 is 1.33 bits per heavy atom. The van der Waals surface area contributed by atoms with E-state index in [1.165, 1.54) is 0 Å². The molecule has 0 aromatic heterocycles. The van der Waals surface area contributed by atoms with Crippen LogP contribution in [0.4, 0.5) is 5.69 Å². The number of aliphatic hydroxyl groups is 1. The molecule has 0 radical (unpaired) electrons. The molecule has 1 atom stereocenters. The van der Waals surface area contributed by atoms with Crippen LogP contribution in [0.2, 0.25) is 0 Å². The maximum Gasteiger partial charge on any atom is 0.214 e. The SMILES string of the molecule is CCC(CCO)CNS(=O)(=O)CCOc1ccc(N)cc1. The van der Waals surface area contributed by atoms with E-state index in [2.05, 4.69) is 4.72 Å². The van der Waals surface area contributed by atoms with Crippen molar-refractivity contribution in [2.45, 2.75) is 19.8 Å². The summed E-state index contributed by atoms with van der Waals surface area (Å²) in [7, 11) is -3.36. The first-order valence-corrected chi connectivity index (χ1v) is 8.68. The maximum atomic E-state index is 11.8. The number of sulfonamides is 1. The highest BCUT2D eigenvalue weighted by Crippen LogP contribution is 2.13. The normalized spacial score (nSPS) is 13.0. The van der Waals surface area contributed by atoms with Gasteiger partial charge < -0.3 is 15.6 Å². The molecule has 0 aliphatic carbocycles. The van der Waals surface area contributed by atoms with Crippen LogP contribution in [0.3, 0.4) is 0 Å². The molecule has 6 nitrogen and oxygen atoms in total. The number of aliphatic hydroxyl groups excluding tert-OH is 1. The van der Waals surface area contributed by atoms with Crippen molar-refractivity contribution in [2.24, 2.45) is 5.92 Å². The van der Waals surface area contributed by atoms with Crippen LogP contribution >= 0.6 is 0 Å². The number of hydrogen-bond acceptors (Lipinski definition) is 5. The van der Waals surface area contributed by atoms with Crippen molar-refractivity contribution in [3.8, 4) is 5.75 Å². The van der Waals surface area contributed by atoms with Crippen molar-refractivity contribution in [3.05, 3.63) is 24.3 Å². The fraction of sp³-hybridized carbons (Fsp3) is 0.571. The minimum atomic E-state index is -3.36. The molecular weight excluding hydrogens is 292 g/mol. The Bertz CT molecular complexity index is 502. The van der Waals surface area contributed by atoms with Gasteiger partial charge in [-0.05, 0) is 36.6 Å². The summed E-state index contributed by atoms with van der Waals surface area (Å²) in [5.41, 5.74) is 6.18. The van der Waals surface area contributed by atoms with Crippen LogP contribution in [0.1, 0.15) is 19.8 Å². The summed E-state index contributed by atoms with van der Waals surface area (Å²) >= 11 is 0. The van der Waals surface area contributed by atoms with Gasteiger partial charge in [-0.15, -0.1) is 0 Å². The Labute approximate surface area is 126 Å². The lowest BCUT2D eigenvalue weighted by atomic mass is 10.0. The predicted octanol–water partition coefficient (Wildman–Crippen LogP) is 0.976. The van der Waals surface area contributed by atoms with Gasteiger partial charge in [0, 0.05) is 18.8 Å². The molecule has 0 saturated carbocycles. The molecule has 7 heteroatoms. The molecule has 0 aliphatic rings. The smallest absolute Gasteiger partial charge is 0.214 e. The lowest BCUT2D eigenvalue weighted by Crippen LogP contribution is -2.33. The second-order valence-corrected chi connectivity index (χ2v) is 6.80. The number of benzene rings is 1. The highest BCUT2D eigenvalue weighted by molar-refractivity contribution is 7.89. The lowest BCUT2D eigenvalue weighted by Gasteiger charge is -2.14. The van der Waals surface area contributed by atoms with Gasteiger partial charge in [-0.1, -0.05) is 13.3 Å². The highest BCUT2D eigenvalue weighted by Gasteiger charge is 2.13. The second-order valence-electron chi connectivity index (χ2n) is 4.87. The van der Waals surface area contributed by atoms with E-state index >= 15 is 0 Å². The van der Waals surface area contributed by atoms with E-state index < -0.39 is 10.0 Å². The van der Waals surface area contributed by atoms with Crippen molar-refractivity contribution < 1.29 is 18.3 Å². The van der Waals surface area contributed by atoms with Crippen LogP contribution in [-0.4, -0.2) is 39.0 Å². The summed E-state index contributed by atoms with van der Waals surface area (Å²) in [6.45, 7) is 2.47. The molecule has 0 fully saturated rings. The Morgan fingerprint density at radius 3 is 2.57 bits per heavy atom. The van der Waals surface area contributed by atoms with Gasteiger partial charge in [0.2, 0.25) is 10.0 Å². The fourth-order valence-electron chi connectivity index (χ4n) is 1.78. The fourth-order valence-corrected chi connectivity index (χ4v) is 2.72. The molecule has 0 saturated heterocycles. The Hall–Kier alpha value is -1.31. The topological polar surface area (TPSA) is 102 Å². The third-order valence-electron chi connectivity index (χ3n) is 3.21. The van der Waals surface area contributed by atoms with E-state index in [-0.39, 0.29) is 24.9 Å². The molecular formula is C14H24N2O4S. The van der Waals surface area contributed by atoms with Crippen molar-refractivity contribution in [2.75, 3.05) is 31.2 Å². The van der Waals surface area contributed by atoms with E-state index in [1.54, 1.807) is 24.3 Å². The first kappa shape index (κ1) is 17.7. The average Bonchev–Trinajstić information content (AvgIpc) is 2.45. The zero-order valence-corrected chi connectivity index (χ0v) is 13.1. The molecule has 0 amide bonds. The van der Waals surface area contributed by atoms with Gasteiger partial charge in [0.1, 0.15) is 12.4 Å². The monoisotopic (exact) mass is 316 g/mol. The van der Waals surface area contributed by atoms with Crippen LogP contribution in [0.25, 0.3) is 0 Å². The van der Waals surface area contributed by atoms with Gasteiger partial charge in [0.15, 0.2) is 0 Å². The zero-order chi connectivity index (χ0) is 15.7. The summed E-state index contributed by atoms with van der Waals surface area (Å²) in [6.07, 6.45) is 1.42. The molecule has 21 heavy (non-hydrogen) atoms.